The van der Waals surface area contributed by atoms with Crippen LogP contribution < -0.4 is 5.32 Å². The molecule has 0 aromatic heterocycles. The van der Waals surface area contributed by atoms with Crippen LogP contribution in [0.4, 0.5) is 0 Å². The molecule has 9 N–H and O–H groups in total. The predicted octanol–water partition coefficient (Wildman–Crippen LogP) is 10.1. The molecular formula is C63H105NO13. The van der Waals surface area contributed by atoms with Crippen molar-refractivity contribution in [1.82, 2.24) is 5.32 Å². The molecule has 14 heteroatoms. The number of hydrogen-bond acceptors (Lipinski definition) is 13. The molecular weight excluding hydrogens is 979 g/mol. The Morgan fingerprint density at radius 3 is 1.38 bits per heavy atom. The summed E-state index contributed by atoms with van der Waals surface area (Å²) in [5.74, 6) is -0.286. The lowest BCUT2D eigenvalue weighted by molar-refractivity contribution is -0.359. The number of rotatable bonds is 45. The largest absolute Gasteiger partial charge is 0.394 e. The number of ether oxygens (including phenoxy) is 4. The van der Waals surface area contributed by atoms with Gasteiger partial charge in [0.15, 0.2) is 12.6 Å². The van der Waals surface area contributed by atoms with Crippen molar-refractivity contribution in [3.8, 4) is 0 Å². The number of nitrogens with one attached hydrogen (secondary N) is 1. The quantitative estimate of drug-likeness (QED) is 0.0205. The molecule has 12 atom stereocenters. The fourth-order valence-corrected chi connectivity index (χ4v) is 8.95. The van der Waals surface area contributed by atoms with E-state index in [-0.39, 0.29) is 18.9 Å². The minimum atomic E-state index is -1.80. The minimum absolute atomic E-state index is 0.219. The van der Waals surface area contributed by atoms with Gasteiger partial charge in [0.1, 0.15) is 48.8 Å². The van der Waals surface area contributed by atoms with Gasteiger partial charge in [-0.3, -0.25) is 4.79 Å². The number of allylic oxidation sites excluding steroid dienone is 17. The molecule has 0 aliphatic carbocycles. The molecule has 0 saturated carbocycles. The minimum Gasteiger partial charge on any atom is -0.394 e. The zero-order chi connectivity index (χ0) is 56.0. The molecule has 0 radical (unpaired) electrons. The van der Waals surface area contributed by atoms with Gasteiger partial charge in [0.25, 0.3) is 0 Å². The maximum Gasteiger partial charge on any atom is 0.220 e. The number of unbranched alkanes of at least 4 members (excludes halogenated alkanes) is 16. The van der Waals surface area contributed by atoms with Crippen molar-refractivity contribution in [1.29, 1.82) is 0 Å². The zero-order valence-electron chi connectivity index (χ0n) is 47.2. The lowest BCUT2D eigenvalue weighted by Crippen LogP contribution is -2.65. The van der Waals surface area contributed by atoms with Gasteiger partial charge in [0, 0.05) is 6.42 Å². The summed E-state index contributed by atoms with van der Waals surface area (Å²) in [5.41, 5.74) is 0. The van der Waals surface area contributed by atoms with Crippen LogP contribution in [0.1, 0.15) is 187 Å². The number of hydrogen-bond donors (Lipinski definition) is 9. The summed E-state index contributed by atoms with van der Waals surface area (Å²) in [4.78, 5) is 13.2. The second-order valence-corrected chi connectivity index (χ2v) is 20.4. The topological polar surface area (TPSA) is 228 Å². The Morgan fingerprint density at radius 1 is 0.481 bits per heavy atom. The molecule has 2 rings (SSSR count). The average molecular weight is 1080 g/mol. The predicted molar refractivity (Wildman–Crippen MR) is 309 cm³/mol. The molecule has 2 fully saturated rings. The molecule has 0 spiro atoms. The fraction of sp³-hybridized carbons (Fsp3) is 0.698. The highest BCUT2D eigenvalue weighted by atomic mass is 16.7. The van der Waals surface area contributed by atoms with E-state index in [4.69, 9.17) is 18.9 Å². The van der Waals surface area contributed by atoms with Crippen molar-refractivity contribution in [2.24, 2.45) is 0 Å². The normalized spacial score (nSPS) is 25.5. The van der Waals surface area contributed by atoms with E-state index in [0.717, 1.165) is 89.9 Å². The maximum atomic E-state index is 13.2. The molecule has 2 aliphatic heterocycles. The van der Waals surface area contributed by atoms with E-state index in [1.165, 1.54) is 70.6 Å². The van der Waals surface area contributed by atoms with Gasteiger partial charge in [0.2, 0.25) is 5.91 Å². The van der Waals surface area contributed by atoms with Crippen molar-refractivity contribution in [2.75, 3.05) is 19.8 Å². The number of carbonyl (C=O) groups is 1. The van der Waals surface area contributed by atoms with Crippen LogP contribution in [-0.2, 0) is 23.7 Å². The van der Waals surface area contributed by atoms with Crippen molar-refractivity contribution in [3.05, 3.63) is 109 Å². The van der Waals surface area contributed by atoms with E-state index in [1.54, 1.807) is 6.08 Å². The molecule has 2 saturated heterocycles. The summed E-state index contributed by atoms with van der Waals surface area (Å²) < 4.78 is 22.7. The monoisotopic (exact) mass is 1080 g/mol. The number of amides is 1. The van der Waals surface area contributed by atoms with Gasteiger partial charge >= 0.3 is 0 Å². The number of carbonyl (C=O) groups excluding carboxylic acids is 1. The lowest BCUT2D eigenvalue weighted by atomic mass is 9.97. The van der Waals surface area contributed by atoms with Crippen molar-refractivity contribution >= 4 is 5.91 Å². The first kappa shape index (κ1) is 69.8. The van der Waals surface area contributed by atoms with Gasteiger partial charge in [-0.1, -0.05) is 207 Å². The Balaban J connectivity index is 1.79. The van der Waals surface area contributed by atoms with Gasteiger partial charge in [-0.15, -0.1) is 0 Å². The lowest BCUT2D eigenvalue weighted by Gasteiger charge is -2.46. The van der Waals surface area contributed by atoms with Crippen LogP contribution in [0.3, 0.4) is 0 Å². The number of aliphatic hydroxyl groups is 8. The average Bonchev–Trinajstić information content (AvgIpc) is 3.43. The summed E-state index contributed by atoms with van der Waals surface area (Å²) >= 11 is 0. The molecule has 2 aliphatic rings. The summed E-state index contributed by atoms with van der Waals surface area (Å²) in [7, 11) is 0. The molecule has 440 valence electrons. The third-order valence-electron chi connectivity index (χ3n) is 13.7. The highest BCUT2D eigenvalue weighted by molar-refractivity contribution is 5.76. The van der Waals surface area contributed by atoms with Crippen molar-refractivity contribution in [3.63, 3.8) is 0 Å². The van der Waals surface area contributed by atoms with Crippen LogP contribution in [0, 0.1) is 0 Å². The maximum absolute atomic E-state index is 13.2. The summed E-state index contributed by atoms with van der Waals surface area (Å²) in [6, 6.07) is -0.946. The van der Waals surface area contributed by atoms with E-state index in [9.17, 15) is 45.6 Å². The highest BCUT2D eigenvalue weighted by Gasteiger charge is 2.51. The second kappa shape index (κ2) is 47.5. The molecule has 0 aromatic carbocycles. The summed E-state index contributed by atoms with van der Waals surface area (Å²) in [5, 5.41) is 87.0. The first-order chi connectivity index (χ1) is 37.6. The molecule has 1 amide bonds. The van der Waals surface area contributed by atoms with E-state index in [0.29, 0.717) is 6.42 Å². The van der Waals surface area contributed by atoms with Crippen LogP contribution in [0.5, 0.6) is 0 Å². The second-order valence-electron chi connectivity index (χ2n) is 20.4. The van der Waals surface area contributed by atoms with Crippen LogP contribution in [-0.4, -0.2) is 140 Å². The van der Waals surface area contributed by atoms with E-state index >= 15 is 0 Å². The third kappa shape index (κ3) is 33.1. The van der Waals surface area contributed by atoms with Gasteiger partial charge in [-0.05, 0) is 83.5 Å². The summed E-state index contributed by atoms with van der Waals surface area (Å²) in [6.45, 7) is 2.64. The fourth-order valence-electron chi connectivity index (χ4n) is 8.95. The van der Waals surface area contributed by atoms with E-state index in [1.807, 2.05) is 6.08 Å². The van der Waals surface area contributed by atoms with Gasteiger partial charge < -0.3 is 65.1 Å². The van der Waals surface area contributed by atoms with Crippen molar-refractivity contribution in [2.45, 2.75) is 261 Å². The molecule has 0 aromatic rings. The third-order valence-corrected chi connectivity index (χ3v) is 13.7. The smallest absolute Gasteiger partial charge is 0.220 e. The summed E-state index contributed by atoms with van der Waals surface area (Å²) in [6.07, 6.45) is 49.8. The highest BCUT2D eigenvalue weighted by Crippen LogP contribution is 2.30. The Labute approximate surface area is 464 Å². The van der Waals surface area contributed by atoms with E-state index < -0.39 is 86.8 Å². The standard InChI is InChI=1S/C63H105NO13/c1-3-5-7-9-11-13-15-17-19-21-22-23-24-25-26-27-28-29-30-31-33-35-37-39-41-43-45-47-55(68)64-51(52(67)46-44-42-40-38-36-34-32-20-18-16-14-12-10-8-6-4-2)50-74-62-60(73)58(71)61(54(49-66)76-62)77-63-59(72)57(70)56(69)53(48-65)75-63/h5,7,11,13,17,19,22-23,25-26,28-29,31,33,37,39,44,46,51-54,56-63,65-67,69-73H,3-4,6,8-10,12,14-16,18,20-21,24,27,30,32,34-36,38,40-43,45,47-50H2,1-2H3,(H,64,68)/b7-5-,13-11-,19-17-,23-22-,26-25-,29-28-,33-31-,39-37-,46-44+. The SMILES string of the molecule is CC/C=C\C/C=C\C/C=C\C/C=C\C/C=C\C/C=C\C/C=C\C/C=C\CCCCC(=O)NC(COC1OC(CO)C(OC2OC(CO)C(O)C(O)C2O)C(O)C1O)C(O)/C=C/CCCCCCCCCCCCCCCC. The zero-order valence-corrected chi connectivity index (χ0v) is 47.2. The van der Waals surface area contributed by atoms with Crippen LogP contribution in [0.25, 0.3) is 0 Å². The Bertz CT molecular complexity index is 1700. The Kier molecular flexibility index (Phi) is 43.0. The van der Waals surface area contributed by atoms with Crippen LogP contribution in [0.15, 0.2) is 109 Å². The first-order valence-corrected chi connectivity index (χ1v) is 29.6. The van der Waals surface area contributed by atoms with Crippen LogP contribution >= 0.6 is 0 Å². The Hall–Kier alpha value is -3.35. The van der Waals surface area contributed by atoms with Gasteiger partial charge in [-0.2, -0.15) is 0 Å². The van der Waals surface area contributed by atoms with E-state index in [2.05, 4.69) is 116 Å². The van der Waals surface area contributed by atoms with Gasteiger partial charge in [0.05, 0.1) is 32.0 Å². The molecule has 0 bridgehead atoms. The molecule has 2 heterocycles. The van der Waals surface area contributed by atoms with Gasteiger partial charge in [-0.25, -0.2) is 0 Å². The molecule has 77 heavy (non-hydrogen) atoms. The van der Waals surface area contributed by atoms with Crippen molar-refractivity contribution < 1.29 is 64.6 Å². The van der Waals surface area contributed by atoms with Crippen LogP contribution in [0.2, 0.25) is 0 Å². The molecule has 14 nitrogen and oxygen atoms in total. The Morgan fingerprint density at radius 2 is 0.896 bits per heavy atom. The first-order valence-electron chi connectivity index (χ1n) is 29.6. The number of aliphatic hydroxyl groups excluding tert-OH is 8. The molecule has 12 unspecified atom stereocenters.